The van der Waals surface area contributed by atoms with Gasteiger partial charge in [0.15, 0.2) is 17.5 Å². The summed E-state index contributed by atoms with van der Waals surface area (Å²) >= 11 is 1.48. The largest absolute Gasteiger partial charge is 0.457 e. The second-order valence-electron chi connectivity index (χ2n) is 7.26. The van der Waals surface area contributed by atoms with E-state index in [-0.39, 0.29) is 31.0 Å². The van der Waals surface area contributed by atoms with E-state index < -0.39 is 5.97 Å². The molecule has 3 aromatic rings. The summed E-state index contributed by atoms with van der Waals surface area (Å²) in [5, 5.41) is 2.66. The zero-order valence-corrected chi connectivity index (χ0v) is 18.3. The van der Waals surface area contributed by atoms with Crippen LogP contribution in [0.3, 0.4) is 0 Å². The molecule has 0 bridgehead atoms. The number of hydrogen-bond donors (Lipinski definition) is 0. The number of ether oxygens (including phenoxy) is 1. The number of ketones is 2. The Bertz CT molecular complexity index is 1100. The van der Waals surface area contributed by atoms with Gasteiger partial charge in [0, 0.05) is 40.5 Å². The zero-order valence-electron chi connectivity index (χ0n) is 17.5. The highest BCUT2D eigenvalue weighted by molar-refractivity contribution is 7.12. The number of aryl methyl sites for hydroxylation is 3. The molecule has 2 aromatic heterocycles. The average Bonchev–Trinajstić information content (AvgIpc) is 3.33. The van der Waals surface area contributed by atoms with Crippen molar-refractivity contribution in [3.05, 3.63) is 69.5 Å². The predicted octanol–water partition coefficient (Wildman–Crippen LogP) is 4.56. The zero-order chi connectivity index (χ0) is 21.8. The SMILES string of the molecule is Cc1ccc(C)c(C(=O)CCC(=O)OCC(=O)c2cc(C)n(-c3nccs3)c2C)c1. The van der Waals surface area contributed by atoms with Gasteiger partial charge in [-0.2, -0.15) is 0 Å². The fraction of sp³-hybridized carbons (Fsp3) is 0.304. The van der Waals surface area contributed by atoms with Crippen molar-refractivity contribution in [2.45, 2.75) is 40.5 Å². The van der Waals surface area contributed by atoms with Crippen LogP contribution < -0.4 is 0 Å². The summed E-state index contributed by atoms with van der Waals surface area (Å²) in [4.78, 5) is 41.3. The molecule has 156 valence electrons. The molecule has 0 fully saturated rings. The molecule has 3 rings (SSSR count). The fourth-order valence-corrected chi connectivity index (χ4v) is 4.10. The van der Waals surface area contributed by atoms with Crippen LogP contribution in [0.25, 0.3) is 5.13 Å². The van der Waals surface area contributed by atoms with E-state index in [2.05, 4.69) is 4.98 Å². The van der Waals surface area contributed by atoms with Crippen molar-refractivity contribution >= 4 is 28.9 Å². The smallest absolute Gasteiger partial charge is 0.306 e. The van der Waals surface area contributed by atoms with E-state index in [0.29, 0.717) is 11.1 Å². The van der Waals surface area contributed by atoms with Crippen LogP contribution >= 0.6 is 11.3 Å². The minimum Gasteiger partial charge on any atom is -0.457 e. The number of hydrogen-bond acceptors (Lipinski definition) is 6. The molecule has 0 aliphatic rings. The van der Waals surface area contributed by atoms with Gasteiger partial charge in [0.05, 0.1) is 6.42 Å². The number of benzene rings is 1. The van der Waals surface area contributed by atoms with Crippen molar-refractivity contribution in [1.29, 1.82) is 0 Å². The van der Waals surface area contributed by atoms with Crippen LogP contribution in [0.2, 0.25) is 0 Å². The quantitative estimate of drug-likeness (QED) is 0.391. The molecule has 0 spiro atoms. The maximum Gasteiger partial charge on any atom is 0.306 e. The first-order valence-corrected chi connectivity index (χ1v) is 10.5. The minimum absolute atomic E-state index is 0.0515. The van der Waals surface area contributed by atoms with Gasteiger partial charge < -0.3 is 4.74 Å². The van der Waals surface area contributed by atoms with E-state index in [0.717, 1.165) is 27.6 Å². The third-order valence-electron chi connectivity index (χ3n) is 4.96. The normalized spacial score (nSPS) is 10.8. The number of rotatable bonds is 8. The highest BCUT2D eigenvalue weighted by Crippen LogP contribution is 2.22. The number of esters is 1. The Balaban J connectivity index is 1.56. The van der Waals surface area contributed by atoms with Gasteiger partial charge >= 0.3 is 5.97 Å². The molecule has 30 heavy (non-hydrogen) atoms. The van der Waals surface area contributed by atoms with E-state index in [1.54, 1.807) is 12.3 Å². The molecule has 7 heteroatoms. The van der Waals surface area contributed by atoms with E-state index in [9.17, 15) is 14.4 Å². The summed E-state index contributed by atoms with van der Waals surface area (Å²) < 4.78 is 7.04. The molecule has 6 nitrogen and oxygen atoms in total. The molecule has 0 aliphatic heterocycles. The van der Waals surface area contributed by atoms with Gasteiger partial charge in [0.1, 0.15) is 0 Å². The Morgan fingerprint density at radius 2 is 1.77 bits per heavy atom. The molecule has 0 unspecified atom stereocenters. The topological polar surface area (TPSA) is 78.3 Å². The third-order valence-corrected chi connectivity index (χ3v) is 5.71. The maximum atomic E-state index is 12.6. The Morgan fingerprint density at radius 3 is 2.47 bits per heavy atom. The monoisotopic (exact) mass is 424 g/mol. The number of aromatic nitrogens is 2. The number of nitrogens with zero attached hydrogens (tertiary/aromatic N) is 2. The number of carbonyl (C=O) groups is 3. The Morgan fingerprint density at radius 1 is 1.00 bits per heavy atom. The fourth-order valence-electron chi connectivity index (χ4n) is 3.35. The van der Waals surface area contributed by atoms with E-state index in [1.165, 1.54) is 11.3 Å². The van der Waals surface area contributed by atoms with Crippen LogP contribution in [0.5, 0.6) is 0 Å². The van der Waals surface area contributed by atoms with Gasteiger partial charge in [-0.3, -0.25) is 19.0 Å². The second kappa shape index (κ2) is 9.17. The maximum absolute atomic E-state index is 12.6. The lowest BCUT2D eigenvalue weighted by atomic mass is 9.99. The third kappa shape index (κ3) is 4.74. The van der Waals surface area contributed by atoms with E-state index >= 15 is 0 Å². The highest BCUT2D eigenvalue weighted by atomic mass is 32.1. The van der Waals surface area contributed by atoms with Crippen LogP contribution in [0.4, 0.5) is 0 Å². The molecule has 0 amide bonds. The van der Waals surface area contributed by atoms with Crippen LogP contribution in [-0.2, 0) is 9.53 Å². The lowest BCUT2D eigenvalue weighted by molar-refractivity contribution is -0.142. The van der Waals surface area contributed by atoms with Crippen molar-refractivity contribution in [1.82, 2.24) is 9.55 Å². The lowest BCUT2D eigenvalue weighted by Gasteiger charge is -2.07. The van der Waals surface area contributed by atoms with Gasteiger partial charge in [-0.1, -0.05) is 17.7 Å². The summed E-state index contributed by atoms with van der Waals surface area (Å²) in [5.41, 5.74) is 4.64. The summed E-state index contributed by atoms with van der Waals surface area (Å²) in [5.74, 6) is -0.942. The van der Waals surface area contributed by atoms with Crippen molar-refractivity contribution in [2.24, 2.45) is 0 Å². The molecule has 0 aliphatic carbocycles. The van der Waals surface area contributed by atoms with E-state index in [1.807, 2.05) is 55.8 Å². The number of thiazole rings is 1. The average molecular weight is 425 g/mol. The molecular weight excluding hydrogens is 400 g/mol. The molecule has 0 saturated carbocycles. The summed E-state index contributed by atoms with van der Waals surface area (Å²) in [6.45, 7) is 7.18. The standard InChI is InChI=1S/C23H24N2O4S/c1-14-5-6-15(2)18(11-14)20(26)7-8-22(28)29-13-21(27)19-12-16(3)25(17(19)4)23-24-9-10-30-23/h5-6,9-12H,7-8,13H2,1-4H3. The Kier molecular flexibility index (Phi) is 6.62. The lowest BCUT2D eigenvalue weighted by Crippen LogP contribution is -2.16. The highest BCUT2D eigenvalue weighted by Gasteiger charge is 2.19. The molecular formula is C23H24N2O4S. The van der Waals surface area contributed by atoms with Crippen LogP contribution in [-0.4, -0.2) is 33.7 Å². The van der Waals surface area contributed by atoms with Crippen LogP contribution in [0, 0.1) is 27.7 Å². The van der Waals surface area contributed by atoms with Crippen LogP contribution in [0.15, 0.2) is 35.8 Å². The van der Waals surface area contributed by atoms with Gasteiger partial charge in [-0.25, -0.2) is 4.98 Å². The second-order valence-corrected chi connectivity index (χ2v) is 8.13. The van der Waals surface area contributed by atoms with Gasteiger partial charge in [-0.15, -0.1) is 11.3 Å². The molecule has 2 heterocycles. The Labute approximate surface area is 179 Å². The first-order chi connectivity index (χ1) is 14.3. The summed E-state index contributed by atoms with van der Waals surface area (Å²) in [6, 6.07) is 7.43. The number of carbonyl (C=O) groups excluding carboxylic acids is 3. The van der Waals surface area contributed by atoms with Gasteiger partial charge in [-0.05, 0) is 45.4 Å². The molecule has 0 radical (unpaired) electrons. The number of Topliss-reactive ketones (excluding diaryl/α,β-unsaturated/α-hetero) is 2. The minimum atomic E-state index is -0.560. The van der Waals surface area contributed by atoms with Crippen molar-refractivity contribution in [3.8, 4) is 5.13 Å². The van der Waals surface area contributed by atoms with Gasteiger partial charge in [0.2, 0.25) is 5.78 Å². The summed E-state index contributed by atoms with van der Waals surface area (Å²) in [6.07, 6.45) is 1.70. The molecule has 1 aromatic carbocycles. The van der Waals surface area contributed by atoms with Crippen molar-refractivity contribution in [3.63, 3.8) is 0 Å². The van der Waals surface area contributed by atoms with Gasteiger partial charge in [0.25, 0.3) is 0 Å². The predicted molar refractivity (Wildman–Crippen MR) is 116 cm³/mol. The van der Waals surface area contributed by atoms with Crippen LogP contribution in [0.1, 0.15) is 56.1 Å². The molecule has 0 atom stereocenters. The summed E-state index contributed by atoms with van der Waals surface area (Å²) in [7, 11) is 0. The van der Waals surface area contributed by atoms with Crippen molar-refractivity contribution in [2.75, 3.05) is 6.61 Å². The van der Waals surface area contributed by atoms with Crippen molar-refractivity contribution < 1.29 is 19.1 Å². The molecule has 0 saturated heterocycles. The molecule has 0 N–H and O–H groups in total. The van der Waals surface area contributed by atoms with E-state index in [4.69, 9.17) is 4.74 Å². The Hall–Kier alpha value is -3.06. The first kappa shape index (κ1) is 21.6. The first-order valence-electron chi connectivity index (χ1n) is 9.66.